The Kier molecular flexibility index (Phi) is 5.52. The molecular formula is C15H22FNOS. The van der Waals surface area contributed by atoms with E-state index in [1.165, 1.54) is 32.8 Å². The summed E-state index contributed by atoms with van der Waals surface area (Å²) in [5.74, 6) is 0.0818. The normalized spacial score (nSPS) is 23.3. The Hall–Kier alpha value is -0.740. The van der Waals surface area contributed by atoms with Crippen LogP contribution >= 0.6 is 11.8 Å². The van der Waals surface area contributed by atoms with E-state index in [2.05, 4.69) is 11.6 Å². The number of halogens is 1. The highest BCUT2D eigenvalue weighted by atomic mass is 32.2. The highest BCUT2D eigenvalue weighted by molar-refractivity contribution is 7.99. The maximum Gasteiger partial charge on any atom is 0.169 e. The third-order valence-corrected chi connectivity index (χ3v) is 4.99. The number of hydrogen-bond acceptors (Lipinski definition) is 3. The minimum Gasteiger partial charge on any atom is -0.494 e. The molecule has 2 atom stereocenters. The van der Waals surface area contributed by atoms with Crippen molar-refractivity contribution in [1.82, 2.24) is 5.32 Å². The lowest BCUT2D eigenvalue weighted by molar-refractivity contribution is 0.369. The summed E-state index contributed by atoms with van der Waals surface area (Å²) < 4.78 is 19.0. The van der Waals surface area contributed by atoms with Gasteiger partial charge in [-0.2, -0.15) is 11.8 Å². The van der Waals surface area contributed by atoms with E-state index in [-0.39, 0.29) is 5.82 Å². The molecule has 0 aromatic heterocycles. The van der Waals surface area contributed by atoms with Gasteiger partial charge in [0.15, 0.2) is 11.6 Å². The Balaban J connectivity index is 1.98. The van der Waals surface area contributed by atoms with E-state index in [4.69, 9.17) is 4.74 Å². The van der Waals surface area contributed by atoms with Gasteiger partial charge in [0, 0.05) is 23.4 Å². The van der Waals surface area contributed by atoms with Crippen LogP contribution in [0.2, 0.25) is 0 Å². The molecule has 19 heavy (non-hydrogen) atoms. The van der Waals surface area contributed by atoms with Crippen LogP contribution in [0, 0.1) is 5.82 Å². The van der Waals surface area contributed by atoms with Crippen LogP contribution in [0.5, 0.6) is 5.75 Å². The topological polar surface area (TPSA) is 21.3 Å². The maximum atomic E-state index is 14.0. The highest BCUT2D eigenvalue weighted by Crippen LogP contribution is 2.28. The fourth-order valence-corrected chi connectivity index (χ4v) is 3.67. The maximum absolute atomic E-state index is 14.0. The zero-order chi connectivity index (χ0) is 13.7. The number of thioether (sulfide) groups is 1. The lowest BCUT2D eigenvalue weighted by atomic mass is 9.94. The quantitative estimate of drug-likeness (QED) is 0.892. The van der Waals surface area contributed by atoms with Crippen LogP contribution in [0.4, 0.5) is 4.39 Å². The lowest BCUT2D eigenvalue weighted by Gasteiger charge is -2.31. The van der Waals surface area contributed by atoms with E-state index >= 15 is 0 Å². The fraction of sp³-hybridized carbons (Fsp3) is 0.600. The van der Waals surface area contributed by atoms with Crippen molar-refractivity contribution in [2.45, 2.75) is 43.5 Å². The molecule has 0 radical (unpaired) electrons. The molecule has 1 aliphatic carbocycles. The zero-order valence-electron chi connectivity index (χ0n) is 11.6. The van der Waals surface area contributed by atoms with Gasteiger partial charge in [0.05, 0.1) is 7.11 Å². The molecule has 0 saturated heterocycles. The second kappa shape index (κ2) is 7.15. The molecule has 1 aromatic rings. The third-order valence-electron chi connectivity index (χ3n) is 3.82. The first-order chi connectivity index (χ1) is 9.26. The molecule has 2 nitrogen and oxygen atoms in total. The Morgan fingerprint density at radius 2 is 2.16 bits per heavy atom. The van der Waals surface area contributed by atoms with Crippen LogP contribution in [0.25, 0.3) is 0 Å². The molecule has 2 rings (SSSR count). The molecule has 0 amide bonds. The molecule has 106 valence electrons. The van der Waals surface area contributed by atoms with Gasteiger partial charge in [-0.15, -0.1) is 0 Å². The summed E-state index contributed by atoms with van der Waals surface area (Å²) in [5.41, 5.74) is 0.685. The van der Waals surface area contributed by atoms with E-state index < -0.39 is 0 Å². The van der Waals surface area contributed by atoms with Crippen LogP contribution in [0.1, 0.15) is 31.2 Å². The Morgan fingerprint density at radius 1 is 1.37 bits per heavy atom. The van der Waals surface area contributed by atoms with Crippen LogP contribution in [0.15, 0.2) is 18.2 Å². The zero-order valence-corrected chi connectivity index (χ0v) is 12.4. The first kappa shape index (κ1) is 14.7. The monoisotopic (exact) mass is 283 g/mol. The van der Waals surface area contributed by atoms with Crippen LogP contribution in [-0.4, -0.2) is 24.7 Å². The SMILES string of the molecule is COc1cccc(CNC2CCCCC2SC)c1F. The van der Waals surface area contributed by atoms with Crippen molar-refractivity contribution in [3.63, 3.8) is 0 Å². The molecule has 0 spiro atoms. The molecular weight excluding hydrogens is 261 g/mol. The van der Waals surface area contributed by atoms with Gasteiger partial charge in [0.2, 0.25) is 0 Å². The van der Waals surface area contributed by atoms with Crippen LogP contribution < -0.4 is 10.1 Å². The third kappa shape index (κ3) is 3.63. The molecule has 1 aliphatic rings. The summed E-state index contributed by atoms with van der Waals surface area (Å²) in [7, 11) is 1.50. The number of ether oxygens (including phenoxy) is 1. The second-order valence-corrected chi connectivity index (χ2v) is 6.06. The van der Waals surface area contributed by atoms with Crippen molar-refractivity contribution in [2.24, 2.45) is 0 Å². The summed E-state index contributed by atoms with van der Waals surface area (Å²) in [6, 6.07) is 5.81. The number of methoxy groups -OCH3 is 1. The minimum absolute atomic E-state index is 0.242. The Morgan fingerprint density at radius 3 is 2.89 bits per heavy atom. The number of benzene rings is 1. The van der Waals surface area contributed by atoms with Gasteiger partial charge in [0.1, 0.15) is 0 Å². The molecule has 1 aromatic carbocycles. The molecule has 1 N–H and O–H groups in total. The van der Waals surface area contributed by atoms with Crippen molar-refractivity contribution in [1.29, 1.82) is 0 Å². The summed E-state index contributed by atoms with van der Waals surface area (Å²) in [6.07, 6.45) is 7.21. The van der Waals surface area contributed by atoms with E-state index in [1.807, 2.05) is 23.9 Å². The highest BCUT2D eigenvalue weighted by Gasteiger charge is 2.24. The molecule has 0 aliphatic heterocycles. The number of nitrogens with one attached hydrogen (secondary N) is 1. The fourth-order valence-electron chi connectivity index (χ4n) is 2.70. The van der Waals surface area contributed by atoms with Crippen molar-refractivity contribution in [2.75, 3.05) is 13.4 Å². The summed E-state index contributed by atoms with van der Waals surface area (Å²) >= 11 is 1.92. The Labute approximate surface area is 119 Å². The lowest BCUT2D eigenvalue weighted by Crippen LogP contribution is -2.40. The van der Waals surface area contributed by atoms with Gasteiger partial charge in [-0.25, -0.2) is 4.39 Å². The second-order valence-electron chi connectivity index (χ2n) is 4.98. The predicted molar refractivity (Wildman–Crippen MR) is 79.4 cm³/mol. The molecule has 0 heterocycles. The van der Waals surface area contributed by atoms with Crippen molar-refractivity contribution < 1.29 is 9.13 Å². The standard InChI is InChI=1S/C15H22FNOS/c1-18-13-8-5-6-11(15(13)16)10-17-12-7-3-4-9-14(12)19-2/h5-6,8,12,14,17H,3-4,7,9-10H2,1-2H3. The average Bonchev–Trinajstić information content (AvgIpc) is 2.46. The van der Waals surface area contributed by atoms with Gasteiger partial charge in [-0.3, -0.25) is 0 Å². The van der Waals surface area contributed by atoms with Crippen LogP contribution in [0.3, 0.4) is 0 Å². The Bertz CT molecular complexity index is 413. The minimum atomic E-state index is -0.242. The average molecular weight is 283 g/mol. The van der Waals surface area contributed by atoms with Crippen molar-refractivity contribution in [3.8, 4) is 5.75 Å². The van der Waals surface area contributed by atoms with Gasteiger partial charge >= 0.3 is 0 Å². The number of hydrogen-bond donors (Lipinski definition) is 1. The molecule has 1 saturated carbocycles. The summed E-state index contributed by atoms with van der Waals surface area (Å²) in [4.78, 5) is 0. The molecule has 4 heteroatoms. The van der Waals surface area contributed by atoms with E-state index in [0.717, 1.165) is 0 Å². The van der Waals surface area contributed by atoms with E-state index in [1.54, 1.807) is 6.07 Å². The first-order valence-corrected chi connectivity index (χ1v) is 8.12. The first-order valence-electron chi connectivity index (χ1n) is 6.83. The van der Waals surface area contributed by atoms with Crippen molar-refractivity contribution >= 4 is 11.8 Å². The summed E-state index contributed by atoms with van der Waals surface area (Å²) in [6.45, 7) is 0.574. The van der Waals surface area contributed by atoms with E-state index in [9.17, 15) is 4.39 Å². The van der Waals surface area contributed by atoms with Gasteiger partial charge in [-0.05, 0) is 25.2 Å². The van der Waals surface area contributed by atoms with E-state index in [0.29, 0.717) is 29.1 Å². The predicted octanol–water partition coefficient (Wildman–Crippen LogP) is 3.60. The smallest absolute Gasteiger partial charge is 0.169 e. The van der Waals surface area contributed by atoms with Crippen molar-refractivity contribution in [3.05, 3.63) is 29.6 Å². The van der Waals surface area contributed by atoms with Gasteiger partial charge in [0.25, 0.3) is 0 Å². The number of rotatable bonds is 5. The summed E-state index contributed by atoms with van der Waals surface area (Å²) in [5, 5.41) is 4.17. The van der Waals surface area contributed by atoms with Crippen LogP contribution in [-0.2, 0) is 6.54 Å². The molecule has 1 fully saturated rings. The molecule has 2 unspecified atom stereocenters. The molecule has 0 bridgehead atoms. The van der Waals surface area contributed by atoms with Gasteiger partial charge < -0.3 is 10.1 Å². The van der Waals surface area contributed by atoms with Gasteiger partial charge in [-0.1, -0.05) is 25.0 Å². The largest absolute Gasteiger partial charge is 0.494 e.